The second-order valence-corrected chi connectivity index (χ2v) is 9.10. The third-order valence-corrected chi connectivity index (χ3v) is 6.92. The van der Waals surface area contributed by atoms with Crippen molar-refractivity contribution in [2.24, 2.45) is 0 Å². The van der Waals surface area contributed by atoms with Crippen LogP contribution < -0.4 is 15.0 Å². The van der Waals surface area contributed by atoms with Gasteiger partial charge in [-0.2, -0.15) is 0 Å². The highest BCUT2D eigenvalue weighted by molar-refractivity contribution is 7.80. The zero-order valence-electron chi connectivity index (χ0n) is 20.2. The van der Waals surface area contributed by atoms with Crippen molar-refractivity contribution in [3.63, 3.8) is 0 Å². The van der Waals surface area contributed by atoms with Gasteiger partial charge in [0.25, 0.3) is 0 Å². The van der Waals surface area contributed by atoms with E-state index < -0.39 is 5.97 Å². The monoisotopic (exact) mass is 498 g/mol. The van der Waals surface area contributed by atoms with Crippen LogP contribution in [-0.4, -0.2) is 32.8 Å². The molecule has 0 unspecified atom stereocenters. The summed E-state index contributed by atoms with van der Waals surface area (Å²) in [6.07, 6.45) is 1.79. The van der Waals surface area contributed by atoms with E-state index in [4.69, 9.17) is 17.0 Å². The minimum absolute atomic E-state index is 0.154. The van der Waals surface area contributed by atoms with E-state index in [0.29, 0.717) is 5.11 Å². The molecule has 8 heteroatoms. The van der Waals surface area contributed by atoms with E-state index in [-0.39, 0.29) is 17.6 Å². The number of nitrogens with one attached hydrogen (secondary N) is 1. The molecule has 0 bridgehead atoms. The molecule has 2 atom stereocenters. The molecule has 0 radical (unpaired) electrons. The van der Waals surface area contributed by atoms with Crippen molar-refractivity contribution in [1.82, 2.24) is 14.9 Å². The molecule has 1 fully saturated rings. The Kier molecular flexibility index (Phi) is 6.20. The molecular weight excluding hydrogens is 472 g/mol. The number of carbonyl (C=O) groups is 1. The van der Waals surface area contributed by atoms with Gasteiger partial charge in [0, 0.05) is 29.0 Å². The van der Waals surface area contributed by atoms with Gasteiger partial charge in [-0.05, 0) is 98.4 Å². The maximum absolute atomic E-state index is 11.3. The van der Waals surface area contributed by atoms with Crippen LogP contribution in [0.2, 0.25) is 0 Å². The van der Waals surface area contributed by atoms with Gasteiger partial charge in [-0.1, -0.05) is 6.07 Å². The Morgan fingerprint density at radius 3 is 2.33 bits per heavy atom. The zero-order chi connectivity index (χ0) is 25.4. The highest BCUT2D eigenvalue weighted by atomic mass is 32.1. The zero-order valence-corrected chi connectivity index (χ0v) is 21.0. The van der Waals surface area contributed by atoms with Gasteiger partial charge in [-0.15, -0.1) is 0 Å². The summed E-state index contributed by atoms with van der Waals surface area (Å²) in [5.41, 5.74) is 6.20. The number of rotatable bonds is 6. The summed E-state index contributed by atoms with van der Waals surface area (Å²) in [6.45, 7) is 4.13. The third kappa shape index (κ3) is 4.09. The van der Waals surface area contributed by atoms with Gasteiger partial charge in [0.1, 0.15) is 5.75 Å². The number of anilines is 1. The summed E-state index contributed by atoms with van der Waals surface area (Å²) in [6, 6.07) is 22.5. The van der Waals surface area contributed by atoms with Crippen molar-refractivity contribution in [3.05, 3.63) is 107 Å². The summed E-state index contributed by atoms with van der Waals surface area (Å²) < 4.78 is 7.50. The quantitative estimate of drug-likeness (QED) is 0.346. The van der Waals surface area contributed by atoms with Crippen LogP contribution in [0.15, 0.2) is 79.0 Å². The standard InChI is InChI=1S/C28H26N4O3S/c1-17-16-23(18(2)31(17)20-9-7-19(8-10-20)27(33)34)26-25(24-6-4-5-15-29-24)30-28(36)32(26)21-11-13-22(35-3)14-12-21/h4-16,25-26H,1-3H3,(H,30,36)(H,33,34)/t25-,26+/m0/s1. The molecular formula is C28H26N4O3S. The molecule has 5 rings (SSSR count). The van der Waals surface area contributed by atoms with Crippen LogP contribution >= 0.6 is 12.2 Å². The number of carboxylic acids is 1. The minimum atomic E-state index is -0.943. The van der Waals surface area contributed by atoms with Crippen LogP contribution in [0.25, 0.3) is 5.69 Å². The van der Waals surface area contributed by atoms with Crippen molar-refractivity contribution < 1.29 is 14.6 Å². The normalized spacial score (nSPS) is 17.2. The maximum atomic E-state index is 11.3. The van der Waals surface area contributed by atoms with Crippen molar-refractivity contribution >= 4 is 29.0 Å². The summed E-state index contributed by atoms with van der Waals surface area (Å²) in [5, 5.41) is 13.4. The Balaban J connectivity index is 1.64. The van der Waals surface area contributed by atoms with Crippen LogP contribution in [0.3, 0.4) is 0 Å². The van der Waals surface area contributed by atoms with E-state index >= 15 is 0 Å². The number of carboxylic acid groups (broad SMARTS) is 1. The number of aryl methyl sites for hydroxylation is 1. The fourth-order valence-electron chi connectivity index (χ4n) is 4.93. The van der Waals surface area contributed by atoms with E-state index in [1.807, 2.05) is 54.6 Å². The second kappa shape index (κ2) is 9.47. The molecule has 1 saturated heterocycles. The second-order valence-electron chi connectivity index (χ2n) is 8.71. The summed E-state index contributed by atoms with van der Waals surface area (Å²) >= 11 is 5.85. The highest BCUT2D eigenvalue weighted by Gasteiger charge is 2.42. The van der Waals surface area contributed by atoms with Gasteiger partial charge in [0.2, 0.25) is 0 Å². The SMILES string of the molecule is COc1ccc(N2C(=S)N[C@@H](c3ccccn3)[C@H]2c2cc(C)n(-c3ccc(C(=O)O)cc3)c2C)cc1. The van der Waals surface area contributed by atoms with E-state index in [0.717, 1.165) is 39.8 Å². The van der Waals surface area contributed by atoms with Gasteiger partial charge in [0.05, 0.1) is 30.5 Å². The first-order chi connectivity index (χ1) is 17.4. The van der Waals surface area contributed by atoms with Crippen LogP contribution in [0, 0.1) is 13.8 Å². The lowest BCUT2D eigenvalue weighted by molar-refractivity contribution is 0.0697. The summed E-state index contributed by atoms with van der Waals surface area (Å²) in [5.74, 6) is -0.167. The molecule has 0 spiro atoms. The summed E-state index contributed by atoms with van der Waals surface area (Å²) in [4.78, 5) is 18.1. The Hall–Kier alpha value is -4.17. The number of ether oxygens (including phenoxy) is 1. The van der Waals surface area contributed by atoms with Gasteiger partial charge >= 0.3 is 5.97 Å². The Morgan fingerprint density at radius 2 is 1.72 bits per heavy atom. The van der Waals surface area contributed by atoms with Crippen LogP contribution in [-0.2, 0) is 0 Å². The first kappa shape index (κ1) is 23.6. The van der Waals surface area contributed by atoms with E-state index in [1.165, 1.54) is 0 Å². The molecule has 3 heterocycles. The number of hydrogen-bond acceptors (Lipinski definition) is 4. The van der Waals surface area contributed by atoms with E-state index in [2.05, 4.69) is 39.7 Å². The summed E-state index contributed by atoms with van der Waals surface area (Å²) in [7, 11) is 1.65. The lowest BCUT2D eigenvalue weighted by atomic mass is 9.96. The predicted octanol–water partition coefficient (Wildman–Crippen LogP) is 5.37. The first-order valence-electron chi connectivity index (χ1n) is 11.6. The first-order valence-corrected chi connectivity index (χ1v) is 12.0. The molecule has 2 aromatic carbocycles. The maximum Gasteiger partial charge on any atom is 0.335 e. The van der Waals surface area contributed by atoms with E-state index in [9.17, 15) is 9.90 Å². The van der Waals surface area contributed by atoms with E-state index in [1.54, 1.807) is 25.4 Å². The fourth-order valence-corrected chi connectivity index (χ4v) is 5.28. The Bertz CT molecular complexity index is 1420. The lowest BCUT2D eigenvalue weighted by Gasteiger charge is -2.28. The number of hydrogen-bond donors (Lipinski definition) is 2. The van der Waals surface area contributed by atoms with Crippen LogP contribution in [0.4, 0.5) is 5.69 Å². The number of benzene rings is 2. The van der Waals surface area contributed by atoms with Crippen molar-refractivity contribution in [2.75, 3.05) is 12.0 Å². The molecule has 0 saturated carbocycles. The number of aromatic nitrogens is 2. The Labute approximate surface area is 215 Å². The number of aromatic carboxylic acids is 1. The average molecular weight is 499 g/mol. The average Bonchev–Trinajstić information content (AvgIpc) is 3.39. The minimum Gasteiger partial charge on any atom is -0.497 e. The molecule has 182 valence electrons. The molecule has 36 heavy (non-hydrogen) atoms. The molecule has 7 nitrogen and oxygen atoms in total. The molecule has 2 aromatic heterocycles. The van der Waals surface area contributed by atoms with Crippen LogP contribution in [0.1, 0.15) is 45.1 Å². The number of pyridine rings is 1. The fraction of sp³-hybridized carbons (Fsp3) is 0.179. The topological polar surface area (TPSA) is 79.6 Å². The molecule has 1 aliphatic heterocycles. The lowest BCUT2D eigenvalue weighted by Crippen LogP contribution is -2.29. The Morgan fingerprint density at radius 1 is 1.03 bits per heavy atom. The number of nitrogens with zero attached hydrogens (tertiary/aromatic N) is 3. The van der Waals surface area contributed by atoms with Gasteiger partial charge in [-0.25, -0.2) is 4.79 Å². The smallest absolute Gasteiger partial charge is 0.335 e. The molecule has 0 aliphatic carbocycles. The van der Waals surface area contributed by atoms with Crippen molar-refractivity contribution in [2.45, 2.75) is 25.9 Å². The van der Waals surface area contributed by atoms with Crippen molar-refractivity contribution in [3.8, 4) is 11.4 Å². The highest BCUT2D eigenvalue weighted by Crippen LogP contribution is 2.44. The molecule has 2 N–H and O–H groups in total. The van der Waals surface area contributed by atoms with Gasteiger partial charge < -0.3 is 24.6 Å². The molecule has 1 aliphatic rings. The third-order valence-electron chi connectivity index (χ3n) is 6.61. The van der Waals surface area contributed by atoms with Gasteiger partial charge in [0.15, 0.2) is 5.11 Å². The molecule has 4 aromatic rings. The largest absolute Gasteiger partial charge is 0.497 e. The predicted molar refractivity (Wildman–Crippen MR) is 143 cm³/mol. The number of methoxy groups -OCH3 is 1. The molecule has 0 amide bonds. The van der Waals surface area contributed by atoms with Crippen molar-refractivity contribution in [1.29, 1.82) is 0 Å². The van der Waals surface area contributed by atoms with Crippen LogP contribution in [0.5, 0.6) is 5.75 Å². The van der Waals surface area contributed by atoms with Gasteiger partial charge in [-0.3, -0.25) is 4.98 Å². The number of thiocarbonyl (C=S) groups is 1.